The van der Waals surface area contributed by atoms with Gasteiger partial charge in [-0.3, -0.25) is 0 Å². The lowest BCUT2D eigenvalue weighted by Crippen LogP contribution is -2.46. The topological polar surface area (TPSA) is 49.4 Å². The average Bonchev–Trinajstić information content (AvgIpc) is 2.82. The molecule has 2 unspecified atom stereocenters. The molecule has 2 heterocycles. The molecule has 0 saturated carbocycles. The number of rotatable bonds is 4. The van der Waals surface area contributed by atoms with Gasteiger partial charge in [0.15, 0.2) is 0 Å². The molecule has 0 bridgehead atoms. The van der Waals surface area contributed by atoms with Crippen molar-refractivity contribution >= 4 is 10.0 Å². The molecule has 0 aliphatic carbocycles. The van der Waals surface area contributed by atoms with Gasteiger partial charge in [-0.15, -0.1) is 6.58 Å². The van der Waals surface area contributed by atoms with Crippen LogP contribution in [0, 0.1) is 5.92 Å². The minimum atomic E-state index is -3.11. The molecule has 1 N–H and O–H groups in total. The number of piperidine rings is 1. The molecule has 0 spiro atoms. The molecule has 2 saturated heterocycles. The van der Waals surface area contributed by atoms with Crippen LogP contribution in [-0.4, -0.2) is 44.2 Å². The normalized spacial score (nSPS) is 31.5. The quantitative estimate of drug-likeness (QED) is 0.764. The Balaban J connectivity index is 1.99. The molecule has 2 atom stereocenters. The molecule has 2 aliphatic rings. The second-order valence-electron chi connectivity index (χ2n) is 5.03. The predicted molar refractivity (Wildman–Crippen MR) is 69.3 cm³/mol. The van der Waals surface area contributed by atoms with Gasteiger partial charge in [-0.1, -0.05) is 6.08 Å². The Morgan fingerprint density at radius 3 is 2.82 bits per heavy atom. The first-order valence-electron chi connectivity index (χ1n) is 6.45. The van der Waals surface area contributed by atoms with Crippen LogP contribution >= 0.6 is 0 Å². The monoisotopic (exact) mass is 258 g/mol. The SMILES string of the molecule is C=CCS(=O)(=O)N1CCCC(C2CCCN2)C1. The van der Waals surface area contributed by atoms with Crippen LogP contribution in [-0.2, 0) is 10.0 Å². The summed E-state index contributed by atoms with van der Waals surface area (Å²) >= 11 is 0. The number of sulfonamides is 1. The Morgan fingerprint density at radius 1 is 1.35 bits per heavy atom. The fourth-order valence-electron chi connectivity index (χ4n) is 2.92. The Labute approximate surface area is 104 Å². The van der Waals surface area contributed by atoms with Crippen molar-refractivity contribution in [2.75, 3.05) is 25.4 Å². The van der Waals surface area contributed by atoms with E-state index in [1.54, 1.807) is 4.31 Å². The molecular formula is C12H22N2O2S. The molecule has 2 fully saturated rings. The Kier molecular flexibility index (Phi) is 4.22. The zero-order valence-corrected chi connectivity index (χ0v) is 11.1. The van der Waals surface area contributed by atoms with Crippen molar-refractivity contribution in [3.63, 3.8) is 0 Å². The van der Waals surface area contributed by atoms with Crippen molar-refractivity contribution in [2.45, 2.75) is 31.7 Å². The molecule has 2 rings (SSSR count). The summed E-state index contributed by atoms with van der Waals surface area (Å²) in [5, 5.41) is 3.49. The summed E-state index contributed by atoms with van der Waals surface area (Å²) in [4.78, 5) is 0. The van der Waals surface area contributed by atoms with E-state index in [-0.39, 0.29) is 5.75 Å². The highest BCUT2D eigenvalue weighted by atomic mass is 32.2. The highest BCUT2D eigenvalue weighted by molar-refractivity contribution is 7.89. The Morgan fingerprint density at radius 2 is 2.18 bits per heavy atom. The van der Waals surface area contributed by atoms with Crippen molar-refractivity contribution in [3.05, 3.63) is 12.7 Å². The van der Waals surface area contributed by atoms with Crippen LogP contribution in [0.4, 0.5) is 0 Å². The maximum absolute atomic E-state index is 12.0. The average molecular weight is 258 g/mol. The summed E-state index contributed by atoms with van der Waals surface area (Å²) in [6.45, 7) is 5.97. The predicted octanol–water partition coefficient (Wildman–Crippen LogP) is 0.966. The molecule has 0 amide bonds. The Hall–Kier alpha value is -0.390. The van der Waals surface area contributed by atoms with Crippen molar-refractivity contribution in [2.24, 2.45) is 5.92 Å². The number of hydrogen-bond donors (Lipinski definition) is 1. The molecule has 0 radical (unpaired) electrons. The van der Waals surface area contributed by atoms with Gasteiger partial charge in [0.05, 0.1) is 5.75 Å². The van der Waals surface area contributed by atoms with Crippen molar-refractivity contribution in [1.82, 2.24) is 9.62 Å². The fourth-order valence-corrected chi connectivity index (χ4v) is 4.26. The van der Waals surface area contributed by atoms with E-state index in [0.29, 0.717) is 25.0 Å². The second-order valence-corrected chi connectivity index (χ2v) is 7.04. The van der Waals surface area contributed by atoms with Crippen LogP contribution in [0.25, 0.3) is 0 Å². The third-order valence-corrected chi connectivity index (χ3v) is 5.59. The van der Waals surface area contributed by atoms with Gasteiger partial charge in [0.1, 0.15) is 0 Å². The lowest BCUT2D eigenvalue weighted by Gasteiger charge is -2.34. The van der Waals surface area contributed by atoms with Gasteiger partial charge < -0.3 is 5.32 Å². The second kappa shape index (κ2) is 5.50. The van der Waals surface area contributed by atoms with E-state index < -0.39 is 10.0 Å². The van der Waals surface area contributed by atoms with Gasteiger partial charge in [0.2, 0.25) is 10.0 Å². The van der Waals surface area contributed by atoms with Gasteiger partial charge in [0, 0.05) is 19.1 Å². The van der Waals surface area contributed by atoms with Crippen molar-refractivity contribution in [3.8, 4) is 0 Å². The van der Waals surface area contributed by atoms with Crippen LogP contribution < -0.4 is 5.32 Å². The lowest BCUT2D eigenvalue weighted by atomic mass is 9.91. The summed E-state index contributed by atoms with van der Waals surface area (Å²) in [6.07, 6.45) is 6.03. The maximum Gasteiger partial charge on any atom is 0.217 e. The van der Waals surface area contributed by atoms with Crippen molar-refractivity contribution in [1.29, 1.82) is 0 Å². The van der Waals surface area contributed by atoms with Crippen LogP contribution in [0.1, 0.15) is 25.7 Å². The van der Waals surface area contributed by atoms with Gasteiger partial charge >= 0.3 is 0 Å². The van der Waals surface area contributed by atoms with Gasteiger partial charge in [-0.25, -0.2) is 12.7 Å². The van der Waals surface area contributed by atoms with E-state index in [2.05, 4.69) is 11.9 Å². The first-order chi connectivity index (χ1) is 8.13. The third kappa shape index (κ3) is 3.09. The first-order valence-corrected chi connectivity index (χ1v) is 8.06. The highest BCUT2D eigenvalue weighted by Crippen LogP contribution is 2.26. The van der Waals surface area contributed by atoms with Crippen LogP contribution in [0.2, 0.25) is 0 Å². The van der Waals surface area contributed by atoms with Crippen LogP contribution in [0.15, 0.2) is 12.7 Å². The molecule has 0 aromatic rings. The van der Waals surface area contributed by atoms with Crippen molar-refractivity contribution < 1.29 is 8.42 Å². The number of nitrogens with zero attached hydrogens (tertiary/aromatic N) is 1. The molecule has 0 aromatic carbocycles. The summed E-state index contributed by atoms with van der Waals surface area (Å²) in [6, 6.07) is 0.525. The van der Waals surface area contributed by atoms with E-state index in [1.165, 1.54) is 18.9 Å². The zero-order valence-electron chi connectivity index (χ0n) is 10.3. The van der Waals surface area contributed by atoms with Gasteiger partial charge in [-0.2, -0.15) is 0 Å². The number of nitrogens with one attached hydrogen (secondary N) is 1. The molecule has 0 aromatic heterocycles. The third-order valence-electron chi connectivity index (χ3n) is 3.81. The standard InChI is InChI=1S/C12H22N2O2S/c1-2-9-17(15,16)14-8-4-5-11(10-14)12-6-3-7-13-12/h2,11-13H,1,3-10H2. The summed E-state index contributed by atoms with van der Waals surface area (Å²) in [5.74, 6) is 0.559. The van der Waals surface area contributed by atoms with E-state index in [9.17, 15) is 8.42 Å². The molecule has 5 heteroatoms. The largest absolute Gasteiger partial charge is 0.314 e. The van der Waals surface area contributed by atoms with Crippen LogP contribution in [0.3, 0.4) is 0 Å². The van der Waals surface area contributed by atoms with E-state index in [1.807, 2.05) is 0 Å². The lowest BCUT2D eigenvalue weighted by molar-refractivity contribution is 0.227. The molecular weight excluding hydrogens is 236 g/mol. The zero-order chi connectivity index (χ0) is 12.3. The fraction of sp³-hybridized carbons (Fsp3) is 0.833. The number of hydrogen-bond acceptors (Lipinski definition) is 3. The highest BCUT2D eigenvalue weighted by Gasteiger charge is 2.33. The summed E-state index contributed by atoms with van der Waals surface area (Å²) < 4.78 is 25.6. The molecule has 2 aliphatic heterocycles. The smallest absolute Gasteiger partial charge is 0.217 e. The summed E-state index contributed by atoms with van der Waals surface area (Å²) in [5.41, 5.74) is 0. The van der Waals surface area contributed by atoms with E-state index in [4.69, 9.17) is 0 Å². The van der Waals surface area contributed by atoms with Crippen LogP contribution in [0.5, 0.6) is 0 Å². The van der Waals surface area contributed by atoms with Gasteiger partial charge in [-0.05, 0) is 38.1 Å². The molecule has 17 heavy (non-hydrogen) atoms. The molecule has 98 valence electrons. The first kappa shape index (κ1) is 13.1. The van der Waals surface area contributed by atoms with Gasteiger partial charge in [0.25, 0.3) is 0 Å². The van der Waals surface area contributed by atoms with E-state index >= 15 is 0 Å². The minimum absolute atomic E-state index is 0.0673. The molecule has 4 nitrogen and oxygen atoms in total. The summed E-state index contributed by atoms with van der Waals surface area (Å²) in [7, 11) is -3.11. The Bertz CT molecular complexity index is 361. The van der Waals surface area contributed by atoms with E-state index in [0.717, 1.165) is 19.4 Å². The minimum Gasteiger partial charge on any atom is -0.314 e. The maximum atomic E-state index is 12.0.